The third-order valence-electron chi connectivity index (χ3n) is 4.60. The highest BCUT2D eigenvalue weighted by Gasteiger charge is 2.30. The molecule has 0 N–H and O–H groups in total. The fourth-order valence-corrected chi connectivity index (χ4v) is 3.36. The van der Waals surface area contributed by atoms with Gasteiger partial charge < -0.3 is 14.4 Å². The summed E-state index contributed by atoms with van der Waals surface area (Å²) >= 11 is 0. The summed E-state index contributed by atoms with van der Waals surface area (Å²) in [5, 5.41) is 1.10. The third-order valence-corrected chi connectivity index (χ3v) is 4.60. The van der Waals surface area contributed by atoms with Gasteiger partial charge in [-0.1, -0.05) is 25.1 Å². The molecular formula is C18H20N2O3. The molecule has 0 saturated carbocycles. The van der Waals surface area contributed by atoms with Crippen LogP contribution >= 0.6 is 0 Å². The van der Waals surface area contributed by atoms with E-state index in [4.69, 9.17) is 9.47 Å². The third kappa shape index (κ3) is 2.65. The van der Waals surface area contributed by atoms with E-state index in [0.717, 1.165) is 42.3 Å². The maximum Gasteiger partial charge on any atom is 0.416 e. The van der Waals surface area contributed by atoms with Gasteiger partial charge in [-0.2, -0.15) is 0 Å². The van der Waals surface area contributed by atoms with E-state index < -0.39 is 0 Å². The number of hydrogen-bond acceptors (Lipinski definition) is 4. The average molecular weight is 312 g/mol. The first kappa shape index (κ1) is 14.5. The second-order valence-corrected chi connectivity index (χ2v) is 6.18. The second-order valence-electron chi connectivity index (χ2n) is 6.18. The van der Waals surface area contributed by atoms with E-state index in [1.54, 1.807) is 4.90 Å². The van der Waals surface area contributed by atoms with E-state index in [1.165, 1.54) is 5.56 Å². The maximum absolute atomic E-state index is 12.2. The zero-order chi connectivity index (χ0) is 15.8. The lowest BCUT2D eigenvalue weighted by atomic mass is 10.1. The predicted molar refractivity (Wildman–Crippen MR) is 86.5 cm³/mol. The smallest absolute Gasteiger partial charge is 0.391 e. The molecule has 0 bridgehead atoms. The zero-order valence-corrected chi connectivity index (χ0v) is 13.2. The highest BCUT2D eigenvalue weighted by Crippen LogP contribution is 2.30. The molecule has 2 aromatic rings. The number of aromatic nitrogens is 1. The summed E-state index contributed by atoms with van der Waals surface area (Å²) < 4.78 is 11.1. The predicted octanol–water partition coefficient (Wildman–Crippen LogP) is 3.29. The highest BCUT2D eigenvalue weighted by molar-refractivity contribution is 5.84. The maximum atomic E-state index is 12.2. The SMILES string of the molecule is CCc1cccc2cc3c(nc12)OC(=O)N(C[C@@H]1CCCO1)C3. The van der Waals surface area contributed by atoms with Crippen LogP contribution in [0.25, 0.3) is 10.9 Å². The van der Waals surface area contributed by atoms with Gasteiger partial charge in [-0.3, -0.25) is 0 Å². The minimum atomic E-state index is -0.325. The first-order valence-electron chi connectivity index (χ1n) is 8.24. The van der Waals surface area contributed by atoms with Crippen LogP contribution in [0.2, 0.25) is 0 Å². The van der Waals surface area contributed by atoms with Gasteiger partial charge in [-0.05, 0) is 30.9 Å². The molecule has 3 heterocycles. The Bertz CT molecular complexity index is 753. The zero-order valence-electron chi connectivity index (χ0n) is 13.2. The molecule has 1 atom stereocenters. The van der Waals surface area contributed by atoms with Crippen molar-refractivity contribution in [2.45, 2.75) is 38.8 Å². The van der Waals surface area contributed by atoms with E-state index in [-0.39, 0.29) is 12.2 Å². The molecule has 0 unspecified atom stereocenters. The van der Waals surface area contributed by atoms with Crippen LogP contribution in [0.15, 0.2) is 24.3 Å². The molecule has 120 valence electrons. The lowest BCUT2D eigenvalue weighted by molar-refractivity contribution is 0.0641. The molecule has 0 aliphatic carbocycles. The van der Waals surface area contributed by atoms with Crippen LogP contribution in [0.4, 0.5) is 4.79 Å². The number of carbonyl (C=O) groups excluding carboxylic acids is 1. The number of nitrogens with zero attached hydrogens (tertiary/aromatic N) is 2. The van der Waals surface area contributed by atoms with Gasteiger partial charge in [0.15, 0.2) is 0 Å². The first-order valence-corrected chi connectivity index (χ1v) is 8.24. The number of pyridine rings is 1. The van der Waals surface area contributed by atoms with Crippen LogP contribution in [0.3, 0.4) is 0 Å². The van der Waals surface area contributed by atoms with Crippen LogP contribution < -0.4 is 4.74 Å². The molecule has 1 aromatic carbocycles. The van der Waals surface area contributed by atoms with E-state index in [9.17, 15) is 4.79 Å². The Hall–Kier alpha value is -2.14. The van der Waals surface area contributed by atoms with Crippen LogP contribution in [0, 0.1) is 0 Å². The van der Waals surface area contributed by atoms with Crippen molar-refractivity contribution in [1.82, 2.24) is 9.88 Å². The van der Waals surface area contributed by atoms with Crippen LogP contribution in [0.5, 0.6) is 5.88 Å². The Labute approximate surface area is 135 Å². The minimum absolute atomic E-state index is 0.129. The van der Waals surface area contributed by atoms with Crippen molar-refractivity contribution in [3.05, 3.63) is 35.4 Å². The highest BCUT2D eigenvalue weighted by atomic mass is 16.6. The van der Waals surface area contributed by atoms with E-state index >= 15 is 0 Å². The van der Waals surface area contributed by atoms with Gasteiger partial charge in [0.1, 0.15) is 0 Å². The Morgan fingerprint density at radius 3 is 3.09 bits per heavy atom. The van der Waals surface area contributed by atoms with Crippen molar-refractivity contribution < 1.29 is 14.3 Å². The lowest BCUT2D eigenvalue weighted by Crippen LogP contribution is -2.41. The fraction of sp³-hybridized carbons (Fsp3) is 0.444. The summed E-state index contributed by atoms with van der Waals surface area (Å²) in [6.07, 6.45) is 2.78. The molecular weight excluding hydrogens is 292 g/mol. The van der Waals surface area contributed by atoms with Crippen molar-refractivity contribution in [1.29, 1.82) is 0 Å². The number of rotatable bonds is 3. The number of ether oxygens (including phenoxy) is 2. The van der Waals surface area contributed by atoms with Crippen molar-refractivity contribution in [3.8, 4) is 5.88 Å². The Morgan fingerprint density at radius 2 is 2.30 bits per heavy atom. The van der Waals surface area contributed by atoms with Gasteiger partial charge in [0, 0.05) is 17.6 Å². The molecule has 0 spiro atoms. The number of amides is 1. The van der Waals surface area contributed by atoms with Crippen molar-refractivity contribution >= 4 is 17.0 Å². The average Bonchev–Trinajstić information content (AvgIpc) is 3.06. The summed E-state index contributed by atoms with van der Waals surface area (Å²) in [6, 6.07) is 8.26. The molecule has 5 nitrogen and oxygen atoms in total. The number of hydrogen-bond donors (Lipinski definition) is 0. The van der Waals surface area contributed by atoms with E-state index in [1.807, 2.05) is 6.07 Å². The fourth-order valence-electron chi connectivity index (χ4n) is 3.36. The van der Waals surface area contributed by atoms with Crippen molar-refractivity contribution in [2.75, 3.05) is 13.2 Å². The number of benzene rings is 1. The monoisotopic (exact) mass is 312 g/mol. The number of para-hydroxylation sites is 1. The van der Waals surface area contributed by atoms with Crippen molar-refractivity contribution in [3.63, 3.8) is 0 Å². The molecule has 1 amide bonds. The Morgan fingerprint density at radius 1 is 1.39 bits per heavy atom. The molecule has 1 saturated heterocycles. The summed E-state index contributed by atoms with van der Waals surface area (Å²) in [7, 11) is 0. The molecule has 23 heavy (non-hydrogen) atoms. The van der Waals surface area contributed by atoms with Gasteiger partial charge in [-0.25, -0.2) is 9.78 Å². The Balaban J connectivity index is 1.65. The first-order chi connectivity index (χ1) is 11.2. The molecule has 1 aromatic heterocycles. The van der Waals surface area contributed by atoms with Crippen LogP contribution in [-0.4, -0.2) is 35.2 Å². The number of carbonyl (C=O) groups is 1. The summed E-state index contributed by atoms with van der Waals surface area (Å²) in [4.78, 5) is 18.6. The van der Waals surface area contributed by atoms with Crippen LogP contribution in [0.1, 0.15) is 30.9 Å². The quantitative estimate of drug-likeness (QED) is 0.872. The summed E-state index contributed by atoms with van der Waals surface area (Å²) in [5.74, 6) is 0.451. The van der Waals surface area contributed by atoms with Crippen LogP contribution in [-0.2, 0) is 17.7 Å². The molecule has 0 radical (unpaired) electrons. The largest absolute Gasteiger partial charge is 0.416 e. The molecule has 2 aliphatic rings. The minimum Gasteiger partial charge on any atom is -0.391 e. The van der Waals surface area contributed by atoms with E-state index in [2.05, 4.69) is 30.1 Å². The molecule has 2 aliphatic heterocycles. The summed E-state index contributed by atoms with van der Waals surface area (Å²) in [5.41, 5.74) is 3.06. The normalized spacial score (nSPS) is 20.7. The standard InChI is InChI=1S/C18H20N2O3/c1-2-12-5-3-6-13-9-14-10-20(11-15-7-4-8-22-15)18(21)23-17(14)19-16(12)13/h3,5-6,9,15H,2,4,7-8,10-11H2,1H3/t15-/m0/s1. The number of fused-ring (bicyclic) bond motifs is 2. The Kier molecular flexibility index (Phi) is 3.65. The lowest BCUT2D eigenvalue weighted by Gasteiger charge is -2.29. The van der Waals surface area contributed by atoms with E-state index in [0.29, 0.717) is 19.0 Å². The van der Waals surface area contributed by atoms with Gasteiger partial charge in [0.2, 0.25) is 5.88 Å². The van der Waals surface area contributed by atoms with Gasteiger partial charge in [0.05, 0.1) is 24.7 Å². The molecule has 5 heteroatoms. The van der Waals surface area contributed by atoms with Gasteiger partial charge >= 0.3 is 6.09 Å². The second kappa shape index (κ2) is 5.81. The molecule has 4 rings (SSSR count). The van der Waals surface area contributed by atoms with Crippen molar-refractivity contribution in [2.24, 2.45) is 0 Å². The topological polar surface area (TPSA) is 51.7 Å². The number of aryl methyl sites for hydroxylation is 1. The molecule has 1 fully saturated rings. The van der Waals surface area contributed by atoms with Gasteiger partial charge in [-0.15, -0.1) is 0 Å². The summed E-state index contributed by atoms with van der Waals surface area (Å²) in [6.45, 7) is 4.01. The van der Waals surface area contributed by atoms with Gasteiger partial charge in [0.25, 0.3) is 0 Å².